The average Bonchev–Trinajstić information content (AvgIpc) is 3.48. The van der Waals surface area contributed by atoms with Crippen molar-refractivity contribution >= 4 is 33.5 Å². The molecule has 0 fully saturated rings. The van der Waals surface area contributed by atoms with Crippen LogP contribution in [0.15, 0.2) is 66.2 Å². The third-order valence-electron chi connectivity index (χ3n) is 5.30. The summed E-state index contributed by atoms with van der Waals surface area (Å²) in [6.45, 7) is 2.27. The summed E-state index contributed by atoms with van der Waals surface area (Å²) in [5, 5.41) is 6.49. The highest BCUT2D eigenvalue weighted by Crippen LogP contribution is 2.35. The minimum Gasteiger partial charge on any atom is -0.332 e. The highest BCUT2D eigenvalue weighted by Gasteiger charge is 2.09. The molecule has 0 bridgehead atoms. The van der Waals surface area contributed by atoms with E-state index in [1.807, 2.05) is 24.4 Å². The molecule has 0 amide bonds. The molecule has 0 aliphatic heterocycles. The average molecular weight is 448 g/mol. The Morgan fingerprint density at radius 1 is 0.806 bits per heavy atom. The van der Waals surface area contributed by atoms with Crippen LogP contribution in [0.1, 0.15) is 51.0 Å². The Hall–Kier alpha value is -2.50. The smallest absolute Gasteiger partial charge is 0.187 e. The Balaban J connectivity index is 1.30. The van der Waals surface area contributed by atoms with Crippen molar-refractivity contribution in [2.75, 3.05) is 5.32 Å². The molecule has 0 atom stereocenters. The zero-order valence-corrected chi connectivity index (χ0v) is 19.6. The van der Waals surface area contributed by atoms with E-state index in [1.165, 1.54) is 60.3 Å². The fraction of sp³-hybridized carbons (Fsp3) is 0.308. The Bertz CT molecular complexity index is 1050. The van der Waals surface area contributed by atoms with Gasteiger partial charge in [0.2, 0.25) is 0 Å². The second kappa shape index (κ2) is 11.2. The standard InChI is InChI=1S/C26H29N3S2/c1-2-3-4-5-6-7-10-20-12-14-21(15-13-20)28-26-29-23(19-30-26)25-17-16-24(31-25)22-11-8-9-18-27-22/h8-9,11-19H,2-7,10H2,1H3,(H,28,29). The number of thiophene rings is 1. The van der Waals surface area contributed by atoms with E-state index in [0.717, 1.165) is 22.2 Å². The fourth-order valence-corrected chi connectivity index (χ4v) is 5.30. The van der Waals surface area contributed by atoms with E-state index in [1.54, 1.807) is 22.7 Å². The van der Waals surface area contributed by atoms with Crippen LogP contribution in [0.3, 0.4) is 0 Å². The number of rotatable bonds is 11. The van der Waals surface area contributed by atoms with Crippen molar-refractivity contribution in [2.45, 2.75) is 51.9 Å². The molecular formula is C26H29N3S2. The van der Waals surface area contributed by atoms with E-state index >= 15 is 0 Å². The number of pyridine rings is 1. The van der Waals surface area contributed by atoms with E-state index in [-0.39, 0.29) is 0 Å². The molecule has 160 valence electrons. The number of hydrogen-bond donors (Lipinski definition) is 1. The summed E-state index contributed by atoms with van der Waals surface area (Å²) in [5.41, 5.74) is 4.53. The van der Waals surface area contributed by atoms with Gasteiger partial charge in [-0.2, -0.15) is 0 Å². The number of thiazole rings is 1. The zero-order valence-electron chi connectivity index (χ0n) is 18.0. The van der Waals surface area contributed by atoms with Crippen LogP contribution < -0.4 is 5.32 Å². The van der Waals surface area contributed by atoms with E-state index in [4.69, 9.17) is 4.98 Å². The first-order valence-electron chi connectivity index (χ1n) is 11.1. The fourth-order valence-electron chi connectivity index (χ4n) is 3.55. The highest BCUT2D eigenvalue weighted by atomic mass is 32.1. The minimum absolute atomic E-state index is 0.923. The van der Waals surface area contributed by atoms with Crippen LogP contribution in [0, 0.1) is 0 Å². The Kier molecular flexibility index (Phi) is 7.86. The number of anilines is 2. The minimum atomic E-state index is 0.923. The maximum Gasteiger partial charge on any atom is 0.187 e. The zero-order chi connectivity index (χ0) is 21.3. The largest absolute Gasteiger partial charge is 0.332 e. The molecule has 3 aromatic heterocycles. The number of aromatic nitrogens is 2. The second-order valence-corrected chi connectivity index (χ2v) is 9.70. The predicted molar refractivity (Wildman–Crippen MR) is 135 cm³/mol. The lowest BCUT2D eigenvalue weighted by Crippen LogP contribution is -1.91. The van der Waals surface area contributed by atoms with E-state index in [9.17, 15) is 0 Å². The van der Waals surface area contributed by atoms with Gasteiger partial charge in [0.25, 0.3) is 0 Å². The molecular weight excluding hydrogens is 418 g/mol. The summed E-state index contributed by atoms with van der Waals surface area (Å²) < 4.78 is 0. The molecule has 4 rings (SSSR count). The van der Waals surface area contributed by atoms with Crippen molar-refractivity contribution in [3.8, 4) is 21.1 Å². The second-order valence-electron chi connectivity index (χ2n) is 7.76. The molecule has 3 nitrogen and oxygen atoms in total. The lowest BCUT2D eigenvalue weighted by Gasteiger charge is -2.05. The van der Waals surface area contributed by atoms with Gasteiger partial charge in [-0.15, -0.1) is 22.7 Å². The van der Waals surface area contributed by atoms with Crippen molar-refractivity contribution in [2.24, 2.45) is 0 Å². The van der Waals surface area contributed by atoms with Gasteiger partial charge in [-0.25, -0.2) is 4.98 Å². The van der Waals surface area contributed by atoms with Gasteiger partial charge in [-0.1, -0.05) is 57.2 Å². The van der Waals surface area contributed by atoms with Gasteiger partial charge in [0.15, 0.2) is 5.13 Å². The maximum atomic E-state index is 4.79. The summed E-state index contributed by atoms with van der Waals surface area (Å²) in [4.78, 5) is 11.6. The van der Waals surface area contributed by atoms with Gasteiger partial charge < -0.3 is 5.32 Å². The van der Waals surface area contributed by atoms with Crippen molar-refractivity contribution in [3.05, 3.63) is 71.7 Å². The van der Waals surface area contributed by atoms with Crippen LogP contribution in [-0.4, -0.2) is 9.97 Å². The van der Waals surface area contributed by atoms with E-state index in [0.29, 0.717) is 0 Å². The van der Waals surface area contributed by atoms with Crippen LogP contribution in [0.25, 0.3) is 21.1 Å². The number of nitrogens with one attached hydrogen (secondary N) is 1. The lowest BCUT2D eigenvalue weighted by atomic mass is 10.0. The summed E-state index contributed by atoms with van der Waals surface area (Å²) in [6, 6.07) is 19.1. The quantitative estimate of drug-likeness (QED) is 0.234. The van der Waals surface area contributed by atoms with Gasteiger partial charge in [0.1, 0.15) is 0 Å². The van der Waals surface area contributed by atoms with Crippen LogP contribution in [0.2, 0.25) is 0 Å². The first-order valence-corrected chi connectivity index (χ1v) is 12.8. The first kappa shape index (κ1) is 21.7. The molecule has 0 aliphatic carbocycles. The van der Waals surface area contributed by atoms with Crippen molar-refractivity contribution < 1.29 is 0 Å². The van der Waals surface area contributed by atoms with Gasteiger partial charge in [-0.3, -0.25) is 4.98 Å². The molecule has 0 saturated carbocycles. The summed E-state index contributed by atoms with van der Waals surface area (Å²) in [7, 11) is 0. The van der Waals surface area contributed by atoms with Crippen LogP contribution in [0.5, 0.6) is 0 Å². The predicted octanol–water partition coefficient (Wildman–Crippen LogP) is 8.58. The maximum absolute atomic E-state index is 4.79. The number of nitrogens with zero attached hydrogens (tertiary/aromatic N) is 2. The summed E-state index contributed by atoms with van der Waals surface area (Å²) in [5.74, 6) is 0. The normalized spacial score (nSPS) is 11.0. The van der Waals surface area contributed by atoms with Crippen LogP contribution >= 0.6 is 22.7 Å². The Morgan fingerprint density at radius 2 is 1.58 bits per heavy atom. The lowest BCUT2D eigenvalue weighted by molar-refractivity contribution is 0.607. The highest BCUT2D eigenvalue weighted by molar-refractivity contribution is 7.19. The molecule has 3 heterocycles. The van der Waals surface area contributed by atoms with Gasteiger partial charge in [0.05, 0.1) is 21.1 Å². The first-order chi connectivity index (χ1) is 15.3. The van der Waals surface area contributed by atoms with Crippen LogP contribution in [-0.2, 0) is 6.42 Å². The molecule has 1 N–H and O–H groups in total. The van der Waals surface area contributed by atoms with Gasteiger partial charge >= 0.3 is 0 Å². The third kappa shape index (κ3) is 6.25. The molecule has 0 unspecified atom stereocenters. The Morgan fingerprint density at radius 3 is 2.35 bits per heavy atom. The van der Waals surface area contributed by atoms with Gasteiger partial charge in [-0.05, 0) is 54.8 Å². The SMILES string of the molecule is CCCCCCCCc1ccc(Nc2nc(-c3ccc(-c4ccccn4)s3)cs2)cc1. The molecule has 0 spiro atoms. The van der Waals surface area contributed by atoms with Crippen LogP contribution in [0.4, 0.5) is 10.8 Å². The van der Waals surface area contributed by atoms with E-state index in [2.05, 4.69) is 59.0 Å². The molecule has 0 radical (unpaired) electrons. The van der Waals surface area contributed by atoms with E-state index < -0.39 is 0 Å². The van der Waals surface area contributed by atoms with Crippen molar-refractivity contribution in [1.29, 1.82) is 0 Å². The molecule has 1 aromatic carbocycles. The Labute approximate surface area is 193 Å². The molecule has 5 heteroatoms. The summed E-state index contributed by atoms with van der Waals surface area (Å²) >= 11 is 3.37. The van der Waals surface area contributed by atoms with Crippen molar-refractivity contribution in [3.63, 3.8) is 0 Å². The molecule has 31 heavy (non-hydrogen) atoms. The summed E-state index contributed by atoms with van der Waals surface area (Å²) in [6.07, 6.45) is 11.1. The number of benzene rings is 1. The molecule has 0 saturated heterocycles. The molecule has 4 aromatic rings. The molecule has 0 aliphatic rings. The van der Waals surface area contributed by atoms with Gasteiger partial charge in [0, 0.05) is 17.3 Å². The number of hydrogen-bond acceptors (Lipinski definition) is 5. The third-order valence-corrected chi connectivity index (χ3v) is 7.19. The van der Waals surface area contributed by atoms with Crippen molar-refractivity contribution in [1.82, 2.24) is 9.97 Å². The topological polar surface area (TPSA) is 37.8 Å². The number of unbranched alkanes of at least 4 members (excludes halogenated alkanes) is 5. The monoisotopic (exact) mass is 447 g/mol. The number of aryl methyl sites for hydroxylation is 1.